The Morgan fingerprint density at radius 3 is 2.89 bits per heavy atom. The fourth-order valence-electron chi connectivity index (χ4n) is 3.10. The maximum absolute atomic E-state index is 5.75. The second-order valence-electron chi connectivity index (χ2n) is 5.75. The van der Waals surface area contributed by atoms with Gasteiger partial charge in [0.05, 0.1) is 12.7 Å². The van der Waals surface area contributed by atoms with Gasteiger partial charge in [0.2, 0.25) is 0 Å². The smallest absolute Gasteiger partial charge is 0.154 e. The maximum Gasteiger partial charge on any atom is 0.154 e. The standard InChI is InChI=1S/C14H24N4O/c1-18-13(9-12-10-15-7-8-19-12)16-14(17-18)11-5-3-2-4-6-11/h11-12,15H,2-10H2,1H3. The number of nitrogens with one attached hydrogen (secondary N) is 1. The monoisotopic (exact) mass is 264 g/mol. The lowest BCUT2D eigenvalue weighted by molar-refractivity contribution is 0.0275. The molecule has 1 aliphatic carbocycles. The largest absolute Gasteiger partial charge is 0.375 e. The van der Waals surface area contributed by atoms with E-state index in [9.17, 15) is 0 Å². The minimum absolute atomic E-state index is 0.246. The van der Waals surface area contributed by atoms with E-state index in [1.165, 1.54) is 32.1 Å². The van der Waals surface area contributed by atoms with Crippen LogP contribution >= 0.6 is 0 Å². The fourth-order valence-corrected chi connectivity index (χ4v) is 3.10. The number of hydrogen-bond donors (Lipinski definition) is 1. The van der Waals surface area contributed by atoms with Crippen molar-refractivity contribution in [3.05, 3.63) is 11.6 Å². The van der Waals surface area contributed by atoms with Crippen LogP contribution in [0.3, 0.4) is 0 Å². The summed E-state index contributed by atoms with van der Waals surface area (Å²) >= 11 is 0. The topological polar surface area (TPSA) is 52.0 Å². The molecular weight excluding hydrogens is 240 g/mol. The van der Waals surface area contributed by atoms with Crippen LogP contribution < -0.4 is 5.32 Å². The quantitative estimate of drug-likeness (QED) is 0.896. The third-order valence-corrected chi connectivity index (χ3v) is 4.25. The Hall–Kier alpha value is -0.940. The first-order valence-corrected chi connectivity index (χ1v) is 7.55. The molecule has 5 nitrogen and oxygen atoms in total. The molecule has 1 saturated carbocycles. The van der Waals surface area contributed by atoms with E-state index < -0.39 is 0 Å². The van der Waals surface area contributed by atoms with Crippen LogP contribution in [0.15, 0.2) is 0 Å². The first-order chi connectivity index (χ1) is 9.33. The summed E-state index contributed by atoms with van der Waals surface area (Å²) in [6.07, 6.45) is 7.65. The third-order valence-electron chi connectivity index (χ3n) is 4.25. The molecule has 2 aliphatic rings. The highest BCUT2D eigenvalue weighted by Crippen LogP contribution is 2.30. The van der Waals surface area contributed by atoms with Crippen LogP contribution in [-0.4, -0.2) is 40.6 Å². The van der Waals surface area contributed by atoms with Gasteiger partial charge in [0.25, 0.3) is 0 Å². The minimum atomic E-state index is 0.246. The number of morpholine rings is 1. The number of aryl methyl sites for hydroxylation is 1. The lowest BCUT2D eigenvalue weighted by Gasteiger charge is -2.23. The molecule has 0 bridgehead atoms. The Labute approximate surface area is 114 Å². The summed E-state index contributed by atoms with van der Waals surface area (Å²) in [7, 11) is 2.00. The fraction of sp³-hybridized carbons (Fsp3) is 0.857. The van der Waals surface area contributed by atoms with Gasteiger partial charge in [-0.15, -0.1) is 0 Å². The molecule has 2 heterocycles. The van der Waals surface area contributed by atoms with Crippen LogP contribution in [0.25, 0.3) is 0 Å². The van der Waals surface area contributed by atoms with E-state index >= 15 is 0 Å². The lowest BCUT2D eigenvalue weighted by Crippen LogP contribution is -2.40. The number of nitrogens with zero attached hydrogens (tertiary/aromatic N) is 3. The average molecular weight is 264 g/mol. The Morgan fingerprint density at radius 2 is 2.16 bits per heavy atom. The van der Waals surface area contributed by atoms with E-state index in [4.69, 9.17) is 9.72 Å². The van der Waals surface area contributed by atoms with Gasteiger partial charge in [0, 0.05) is 32.5 Å². The molecule has 106 valence electrons. The Bertz CT molecular complexity index is 406. The summed E-state index contributed by atoms with van der Waals surface area (Å²) < 4.78 is 7.69. The lowest BCUT2D eigenvalue weighted by atomic mass is 9.89. The van der Waals surface area contributed by atoms with Crippen molar-refractivity contribution in [1.82, 2.24) is 20.1 Å². The van der Waals surface area contributed by atoms with E-state index in [0.29, 0.717) is 5.92 Å². The predicted molar refractivity (Wildman–Crippen MR) is 73.1 cm³/mol. The molecule has 1 N–H and O–H groups in total. The van der Waals surface area contributed by atoms with Gasteiger partial charge in [0.15, 0.2) is 5.82 Å². The molecule has 5 heteroatoms. The van der Waals surface area contributed by atoms with Gasteiger partial charge < -0.3 is 10.1 Å². The van der Waals surface area contributed by atoms with E-state index in [2.05, 4.69) is 10.4 Å². The van der Waals surface area contributed by atoms with Crippen LogP contribution in [0.4, 0.5) is 0 Å². The van der Waals surface area contributed by atoms with Gasteiger partial charge in [-0.1, -0.05) is 19.3 Å². The summed E-state index contributed by atoms with van der Waals surface area (Å²) in [5, 5.41) is 7.99. The Balaban J connectivity index is 1.66. The highest BCUT2D eigenvalue weighted by atomic mass is 16.5. The summed E-state index contributed by atoms with van der Waals surface area (Å²) in [5.41, 5.74) is 0. The summed E-state index contributed by atoms with van der Waals surface area (Å²) in [6.45, 7) is 2.69. The van der Waals surface area contributed by atoms with Gasteiger partial charge in [-0.05, 0) is 12.8 Å². The van der Waals surface area contributed by atoms with Gasteiger partial charge >= 0.3 is 0 Å². The molecule has 2 fully saturated rings. The Kier molecular flexibility index (Phi) is 4.13. The van der Waals surface area contributed by atoms with Crippen molar-refractivity contribution in [1.29, 1.82) is 0 Å². The highest BCUT2D eigenvalue weighted by molar-refractivity contribution is 5.01. The van der Waals surface area contributed by atoms with Gasteiger partial charge in [-0.2, -0.15) is 5.10 Å². The first-order valence-electron chi connectivity index (χ1n) is 7.55. The van der Waals surface area contributed by atoms with Gasteiger partial charge in [-0.25, -0.2) is 4.98 Å². The minimum Gasteiger partial charge on any atom is -0.375 e. The molecule has 19 heavy (non-hydrogen) atoms. The SMILES string of the molecule is Cn1nc(C2CCCCC2)nc1CC1CNCCO1. The second-order valence-corrected chi connectivity index (χ2v) is 5.75. The van der Waals surface area contributed by atoms with Crippen molar-refractivity contribution >= 4 is 0 Å². The molecule has 1 unspecified atom stereocenters. The number of ether oxygens (including phenoxy) is 1. The first kappa shape index (κ1) is 13.1. The van der Waals surface area contributed by atoms with Crippen molar-refractivity contribution in [2.45, 2.75) is 50.5 Å². The normalized spacial score (nSPS) is 25.6. The summed E-state index contributed by atoms with van der Waals surface area (Å²) in [6, 6.07) is 0. The predicted octanol–water partition coefficient (Wildman–Crippen LogP) is 1.39. The van der Waals surface area contributed by atoms with Crippen LogP contribution in [0.5, 0.6) is 0 Å². The molecular formula is C14H24N4O. The average Bonchev–Trinajstić information content (AvgIpc) is 2.82. The van der Waals surface area contributed by atoms with E-state index in [1.807, 2.05) is 11.7 Å². The van der Waals surface area contributed by atoms with Crippen molar-refractivity contribution in [2.75, 3.05) is 19.7 Å². The van der Waals surface area contributed by atoms with Crippen molar-refractivity contribution < 1.29 is 4.74 Å². The van der Waals surface area contributed by atoms with Gasteiger partial charge in [-0.3, -0.25) is 4.68 Å². The number of aromatic nitrogens is 3. The molecule has 0 amide bonds. The molecule has 1 aromatic rings. The molecule has 1 aromatic heterocycles. The van der Waals surface area contributed by atoms with Crippen molar-refractivity contribution in [2.24, 2.45) is 7.05 Å². The summed E-state index contributed by atoms with van der Waals surface area (Å²) in [5.74, 6) is 2.70. The molecule has 1 aliphatic heterocycles. The van der Waals surface area contributed by atoms with Crippen LogP contribution in [-0.2, 0) is 18.2 Å². The van der Waals surface area contributed by atoms with Crippen LogP contribution in [0.2, 0.25) is 0 Å². The summed E-state index contributed by atoms with van der Waals surface area (Å²) in [4.78, 5) is 4.77. The van der Waals surface area contributed by atoms with Gasteiger partial charge in [0.1, 0.15) is 5.82 Å². The van der Waals surface area contributed by atoms with Crippen LogP contribution in [0.1, 0.15) is 49.7 Å². The molecule has 0 spiro atoms. The molecule has 1 saturated heterocycles. The second kappa shape index (κ2) is 6.01. The molecule has 0 radical (unpaired) electrons. The highest BCUT2D eigenvalue weighted by Gasteiger charge is 2.22. The van der Waals surface area contributed by atoms with E-state index in [0.717, 1.165) is 37.8 Å². The molecule has 3 rings (SSSR count). The van der Waals surface area contributed by atoms with E-state index in [-0.39, 0.29) is 6.10 Å². The van der Waals surface area contributed by atoms with Crippen molar-refractivity contribution in [3.8, 4) is 0 Å². The third kappa shape index (κ3) is 3.15. The van der Waals surface area contributed by atoms with Crippen molar-refractivity contribution in [3.63, 3.8) is 0 Å². The number of rotatable bonds is 3. The van der Waals surface area contributed by atoms with Crippen LogP contribution in [0, 0.1) is 0 Å². The van der Waals surface area contributed by atoms with E-state index in [1.54, 1.807) is 0 Å². The molecule has 0 aromatic carbocycles. The zero-order valence-corrected chi connectivity index (χ0v) is 11.8. The number of hydrogen-bond acceptors (Lipinski definition) is 4. The molecule has 1 atom stereocenters. The Morgan fingerprint density at radius 1 is 1.32 bits per heavy atom. The zero-order chi connectivity index (χ0) is 13.1. The zero-order valence-electron chi connectivity index (χ0n) is 11.8. The maximum atomic E-state index is 5.75.